The molecule has 0 aliphatic rings. The number of hydrogen-bond acceptors (Lipinski definition) is 8. The van der Waals surface area contributed by atoms with Crippen LogP contribution in [0.3, 0.4) is 0 Å². The molecule has 0 aromatic carbocycles. The topological polar surface area (TPSA) is 138 Å². The third-order valence-electron chi connectivity index (χ3n) is 3.67. The fourth-order valence-electron chi connectivity index (χ4n) is 2.46. The first-order valence-corrected chi connectivity index (χ1v) is 9.70. The number of anilines is 3. The standard InChI is InChI=1S/C16H20N8O2S/c1-11-16(12(2)22-21-11)27(25,26)19-10-9-18-14-3-4-15(24-23-14)20-13-5-7-17-8-6-13/h3-8,19H,9-10H2,1-2H3,(H,18,23)(H,21,22)(H,17,20,24). The molecule has 0 saturated carbocycles. The van der Waals surface area contributed by atoms with E-state index in [9.17, 15) is 8.42 Å². The Balaban J connectivity index is 1.49. The summed E-state index contributed by atoms with van der Waals surface area (Å²) >= 11 is 0. The molecule has 0 aliphatic heterocycles. The van der Waals surface area contributed by atoms with Crippen LogP contribution in [0.5, 0.6) is 0 Å². The SMILES string of the molecule is Cc1n[nH]c(C)c1S(=O)(=O)NCCNc1ccc(Nc2ccncc2)nn1. The summed E-state index contributed by atoms with van der Waals surface area (Å²) in [5.74, 6) is 1.14. The Hall–Kier alpha value is -3.05. The van der Waals surface area contributed by atoms with E-state index in [1.54, 1.807) is 38.4 Å². The van der Waals surface area contributed by atoms with Gasteiger partial charge in [-0.1, -0.05) is 0 Å². The number of aryl methyl sites for hydroxylation is 2. The maximum absolute atomic E-state index is 12.3. The molecule has 11 heteroatoms. The van der Waals surface area contributed by atoms with Crippen molar-refractivity contribution in [3.63, 3.8) is 0 Å². The lowest BCUT2D eigenvalue weighted by molar-refractivity contribution is 0.581. The minimum atomic E-state index is -3.61. The van der Waals surface area contributed by atoms with Gasteiger partial charge in [0, 0.05) is 31.2 Å². The van der Waals surface area contributed by atoms with Crippen LogP contribution in [0.15, 0.2) is 41.6 Å². The van der Waals surface area contributed by atoms with Crippen LogP contribution in [0.25, 0.3) is 0 Å². The van der Waals surface area contributed by atoms with Gasteiger partial charge in [0.2, 0.25) is 10.0 Å². The summed E-state index contributed by atoms with van der Waals surface area (Å²) in [6, 6.07) is 7.18. The fourth-order valence-corrected chi connectivity index (χ4v) is 3.86. The summed E-state index contributed by atoms with van der Waals surface area (Å²) in [6.45, 7) is 3.88. The Morgan fingerprint density at radius 3 is 2.33 bits per heavy atom. The molecular weight excluding hydrogens is 368 g/mol. The molecule has 4 N–H and O–H groups in total. The van der Waals surface area contributed by atoms with Gasteiger partial charge in [-0.2, -0.15) is 5.10 Å². The Kier molecular flexibility index (Phi) is 5.62. The van der Waals surface area contributed by atoms with Crippen molar-refractivity contribution in [2.45, 2.75) is 18.7 Å². The molecular formula is C16H20N8O2S. The van der Waals surface area contributed by atoms with Gasteiger partial charge in [0.15, 0.2) is 5.82 Å². The normalized spacial score (nSPS) is 11.3. The Morgan fingerprint density at radius 1 is 1.00 bits per heavy atom. The first-order chi connectivity index (χ1) is 13.0. The maximum atomic E-state index is 12.3. The van der Waals surface area contributed by atoms with Crippen molar-refractivity contribution in [2.75, 3.05) is 23.7 Å². The van der Waals surface area contributed by atoms with Gasteiger partial charge in [0.05, 0.1) is 11.4 Å². The Bertz CT molecular complexity index is 968. The largest absolute Gasteiger partial charge is 0.367 e. The molecule has 0 fully saturated rings. The highest BCUT2D eigenvalue weighted by Gasteiger charge is 2.21. The second kappa shape index (κ2) is 8.10. The summed E-state index contributed by atoms with van der Waals surface area (Å²) in [6.07, 6.45) is 3.36. The Morgan fingerprint density at radius 2 is 1.70 bits per heavy atom. The van der Waals surface area contributed by atoms with E-state index in [0.29, 0.717) is 29.6 Å². The van der Waals surface area contributed by atoms with Crippen molar-refractivity contribution < 1.29 is 8.42 Å². The molecule has 0 saturated heterocycles. The van der Waals surface area contributed by atoms with E-state index in [1.807, 2.05) is 12.1 Å². The predicted octanol–water partition coefficient (Wildman–Crippen LogP) is 1.35. The number of sulfonamides is 1. The maximum Gasteiger partial charge on any atom is 0.244 e. The Labute approximate surface area is 156 Å². The van der Waals surface area contributed by atoms with Crippen LogP contribution in [-0.2, 0) is 10.0 Å². The highest BCUT2D eigenvalue weighted by molar-refractivity contribution is 7.89. The monoisotopic (exact) mass is 388 g/mol. The van der Waals surface area contributed by atoms with Crippen molar-refractivity contribution in [1.82, 2.24) is 30.1 Å². The predicted molar refractivity (Wildman–Crippen MR) is 101 cm³/mol. The molecule has 3 rings (SSSR count). The van der Waals surface area contributed by atoms with Crippen molar-refractivity contribution in [3.8, 4) is 0 Å². The average molecular weight is 388 g/mol. The summed E-state index contributed by atoms with van der Waals surface area (Å²) in [7, 11) is -3.61. The molecule has 3 heterocycles. The van der Waals surface area contributed by atoms with E-state index in [4.69, 9.17) is 0 Å². The van der Waals surface area contributed by atoms with Crippen LogP contribution >= 0.6 is 0 Å². The first kappa shape index (κ1) is 18.7. The van der Waals surface area contributed by atoms with Crippen LogP contribution in [0, 0.1) is 13.8 Å². The summed E-state index contributed by atoms with van der Waals surface area (Å²) < 4.78 is 27.2. The number of nitrogens with zero attached hydrogens (tertiary/aromatic N) is 4. The van der Waals surface area contributed by atoms with E-state index in [0.717, 1.165) is 5.69 Å². The molecule has 3 aromatic heterocycles. The number of H-pyrrole nitrogens is 1. The summed E-state index contributed by atoms with van der Waals surface area (Å²) in [4.78, 5) is 4.13. The lowest BCUT2D eigenvalue weighted by Crippen LogP contribution is -2.29. The number of aromatic amines is 1. The molecule has 27 heavy (non-hydrogen) atoms. The summed E-state index contributed by atoms with van der Waals surface area (Å²) in [5, 5.41) is 20.8. The van der Waals surface area contributed by atoms with Crippen molar-refractivity contribution >= 4 is 27.3 Å². The van der Waals surface area contributed by atoms with Crippen molar-refractivity contribution in [1.29, 1.82) is 0 Å². The number of nitrogens with one attached hydrogen (secondary N) is 4. The minimum Gasteiger partial charge on any atom is -0.367 e. The molecule has 3 aromatic rings. The number of pyridine rings is 1. The zero-order valence-corrected chi connectivity index (χ0v) is 15.7. The molecule has 142 valence electrons. The van der Waals surface area contributed by atoms with Crippen LogP contribution in [0.4, 0.5) is 17.3 Å². The molecule has 0 unspecified atom stereocenters. The van der Waals surface area contributed by atoms with Crippen LogP contribution in [0.2, 0.25) is 0 Å². The van der Waals surface area contributed by atoms with Gasteiger partial charge in [-0.25, -0.2) is 13.1 Å². The van der Waals surface area contributed by atoms with Crippen molar-refractivity contribution in [2.24, 2.45) is 0 Å². The van der Waals surface area contributed by atoms with Gasteiger partial charge in [-0.3, -0.25) is 10.1 Å². The molecule has 0 aliphatic carbocycles. The lowest BCUT2D eigenvalue weighted by Gasteiger charge is -2.09. The molecule has 0 radical (unpaired) electrons. The summed E-state index contributed by atoms with van der Waals surface area (Å²) in [5.41, 5.74) is 1.81. The highest BCUT2D eigenvalue weighted by Crippen LogP contribution is 2.16. The second-order valence-electron chi connectivity index (χ2n) is 5.75. The molecule has 0 bridgehead atoms. The number of rotatable bonds is 8. The third-order valence-corrected chi connectivity index (χ3v) is 5.39. The van der Waals surface area contributed by atoms with Crippen molar-refractivity contribution in [3.05, 3.63) is 48.0 Å². The van der Waals surface area contributed by atoms with Crippen LogP contribution in [0.1, 0.15) is 11.4 Å². The zero-order valence-electron chi connectivity index (χ0n) is 14.9. The average Bonchev–Trinajstić information content (AvgIpc) is 3.00. The van der Waals surface area contributed by atoms with Crippen LogP contribution < -0.4 is 15.4 Å². The second-order valence-corrected chi connectivity index (χ2v) is 7.46. The number of hydrogen-bond donors (Lipinski definition) is 4. The van der Waals surface area contributed by atoms with E-state index in [1.165, 1.54) is 0 Å². The van der Waals surface area contributed by atoms with Gasteiger partial charge < -0.3 is 10.6 Å². The van der Waals surface area contributed by atoms with E-state index >= 15 is 0 Å². The molecule has 10 nitrogen and oxygen atoms in total. The highest BCUT2D eigenvalue weighted by atomic mass is 32.2. The fraction of sp³-hybridized carbons (Fsp3) is 0.250. The van der Waals surface area contributed by atoms with E-state index < -0.39 is 10.0 Å². The molecule has 0 amide bonds. The van der Waals surface area contributed by atoms with E-state index in [2.05, 4.69) is 40.7 Å². The van der Waals surface area contributed by atoms with Gasteiger partial charge in [0.25, 0.3) is 0 Å². The number of aromatic nitrogens is 5. The smallest absolute Gasteiger partial charge is 0.244 e. The van der Waals surface area contributed by atoms with Gasteiger partial charge >= 0.3 is 0 Å². The molecule has 0 spiro atoms. The van der Waals surface area contributed by atoms with Gasteiger partial charge in [-0.15, -0.1) is 10.2 Å². The first-order valence-electron chi connectivity index (χ1n) is 8.21. The quantitative estimate of drug-likeness (QED) is 0.424. The minimum absolute atomic E-state index is 0.189. The van der Waals surface area contributed by atoms with Gasteiger partial charge in [0.1, 0.15) is 10.7 Å². The van der Waals surface area contributed by atoms with Crippen LogP contribution in [-0.4, -0.2) is 46.9 Å². The van der Waals surface area contributed by atoms with E-state index in [-0.39, 0.29) is 11.4 Å². The third kappa shape index (κ3) is 4.77. The molecule has 0 atom stereocenters. The zero-order chi connectivity index (χ0) is 19.3. The lowest BCUT2D eigenvalue weighted by atomic mass is 10.4. The van der Waals surface area contributed by atoms with Gasteiger partial charge in [-0.05, 0) is 38.1 Å².